The van der Waals surface area contributed by atoms with Crippen LogP contribution < -0.4 is 16.4 Å². The van der Waals surface area contributed by atoms with Crippen LogP contribution in [-0.2, 0) is 21.8 Å². The minimum Gasteiger partial charge on any atom is -0.389 e. The third kappa shape index (κ3) is 4.67. The van der Waals surface area contributed by atoms with Crippen LogP contribution in [0, 0.1) is 29.1 Å². The van der Waals surface area contributed by atoms with Crippen LogP contribution in [0.5, 0.6) is 0 Å². The Kier molecular flexibility index (Phi) is 7.42. The van der Waals surface area contributed by atoms with Gasteiger partial charge in [-0.3, -0.25) is 9.59 Å². The van der Waals surface area contributed by atoms with Gasteiger partial charge in [0.1, 0.15) is 6.04 Å². The second-order valence-corrected chi connectivity index (χ2v) is 15.3. The minimum absolute atomic E-state index is 0.00393. The molecule has 0 radical (unpaired) electrons. The molecule has 47 heavy (non-hydrogen) atoms. The molecular weight excluding hydrogens is 622 g/mol. The largest absolute Gasteiger partial charge is 0.389 e. The van der Waals surface area contributed by atoms with Gasteiger partial charge in [-0.05, 0) is 114 Å². The fourth-order valence-corrected chi connectivity index (χ4v) is 10.7. The number of benzene rings is 1. The number of hydrogen-bond acceptors (Lipinski definition) is 8. The summed E-state index contributed by atoms with van der Waals surface area (Å²) in [5, 5.41) is 60.9. The summed E-state index contributed by atoms with van der Waals surface area (Å²) in [6.45, 7) is 0.391. The van der Waals surface area contributed by atoms with Gasteiger partial charge >= 0.3 is 0 Å². The molecule has 8 rings (SSSR count). The lowest BCUT2D eigenvalue weighted by Crippen LogP contribution is -2.66. The summed E-state index contributed by atoms with van der Waals surface area (Å²) in [5.41, 5.74) is 9.08. The lowest BCUT2D eigenvalue weighted by Gasteiger charge is -2.67. The summed E-state index contributed by atoms with van der Waals surface area (Å²) in [6, 6.07) is 3.97. The van der Waals surface area contributed by atoms with E-state index in [9.17, 15) is 35.1 Å². The van der Waals surface area contributed by atoms with Crippen LogP contribution in [0.25, 0.3) is 5.57 Å². The monoisotopic (exact) mass is 663 g/mol. The normalized spacial score (nSPS) is 36.5. The molecule has 4 saturated carbocycles. The van der Waals surface area contributed by atoms with Crippen molar-refractivity contribution in [1.29, 1.82) is 0 Å². The summed E-state index contributed by atoms with van der Waals surface area (Å²) in [4.78, 5) is 28.1. The van der Waals surface area contributed by atoms with Crippen molar-refractivity contribution in [3.05, 3.63) is 74.9 Å². The van der Waals surface area contributed by atoms with Gasteiger partial charge in [-0.2, -0.15) is 0 Å². The SMILES string of the molecule is NCCc1ccc2c(c1)C1=C(CC(O)C=C1C(NC(=O)CC(O)C1=CCC(O)C(Cl)=C1)C(=O)NC1C3CC4CC5CC1C45C3)C2(O)O. The van der Waals surface area contributed by atoms with E-state index in [1.54, 1.807) is 18.2 Å². The van der Waals surface area contributed by atoms with Crippen LogP contribution in [0.1, 0.15) is 61.6 Å². The number of nitrogens with one attached hydrogen (secondary N) is 2. The van der Waals surface area contributed by atoms with E-state index in [1.165, 1.54) is 18.6 Å². The van der Waals surface area contributed by atoms with Crippen LogP contribution in [0.4, 0.5) is 0 Å². The number of hydrogen-bond donors (Lipinski definition) is 8. The Morgan fingerprint density at radius 3 is 2.64 bits per heavy atom. The van der Waals surface area contributed by atoms with Crippen molar-refractivity contribution in [3.63, 3.8) is 0 Å². The predicted octanol–water partition coefficient (Wildman–Crippen LogP) is 1.38. The van der Waals surface area contributed by atoms with E-state index in [4.69, 9.17) is 17.3 Å². The molecule has 10 atom stereocenters. The van der Waals surface area contributed by atoms with Crippen molar-refractivity contribution >= 4 is 29.0 Å². The van der Waals surface area contributed by atoms with Gasteiger partial charge in [-0.1, -0.05) is 35.9 Å². The molecular formula is C36H42ClN3O7. The van der Waals surface area contributed by atoms with Gasteiger partial charge < -0.3 is 41.9 Å². The molecule has 1 aromatic carbocycles. The Balaban J connectivity index is 1.12. The maximum Gasteiger partial charge on any atom is 0.247 e. The van der Waals surface area contributed by atoms with Crippen molar-refractivity contribution in [2.45, 2.75) is 87.5 Å². The Morgan fingerprint density at radius 2 is 1.91 bits per heavy atom. The molecule has 11 heteroatoms. The van der Waals surface area contributed by atoms with Gasteiger partial charge in [0.15, 0.2) is 0 Å². The molecule has 1 aromatic rings. The Hall–Kier alpha value is -2.83. The first-order valence-corrected chi connectivity index (χ1v) is 17.3. The van der Waals surface area contributed by atoms with E-state index in [1.807, 2.05) is 6.07 Å². The molecule has 4 fully saturated rings. The number of amides is 2. The van der Waals surface area contributed by atoms with Crippen LogP contribution in [0.15, 0.2) is 58.2 Å². The Bertz CT molecular complexity index is 1680. The predicted molar refractivity (Wildman–Crippen MR) is 173 cm³/mol. The molecule has 7 aliphatic carbocycles. The first-order chi connectivity index (χ1) is 22.4. The fourth-order valence-electron chi connectivity index (χ4n) is 10.5. The van der Waals surface area contributed by atoms with Crippen molar-refractivity contribution in [3.8, 4) is 0 Å². The maximum absolute atomic E-state index is 14.4. The number of aliphatic hydroxyl groups is 5. The number of rotatable bonds is 9. The second kappa shape index (κ2) is 11.1. The van der Waals surface area contributed by atoms with Crippen molar-refractivity contribution < 1.29 is 35.1 Å². The van der Waals surface area contributed by atoms with E-state index in [0.29, 0.717) is 46.9 Å². The number of fused-ring (bicyclic) bond motifs is 3. The van der Waals surface area contributed by atoms with E-state index in [2.05, 4.69) is 10.6 Å². The third-order valence-corrected chi connectivity index (χ3v) is 12.9. The van der Waals surface area contributed by atoms with Crippen LogP contribution in [-0.4, -0.2) is 74.3 Å². The highest BCUT2D eigenvalue weighted by Gasteiger charge is 2.76. The number of carbonyl (C=O) groups is 2. The van der Waals surface area contributed by atoms with E-state index < -0.39 is 42.0 Å². The van der Waals surface area contributed by atoms with Gasteiger partial charge in [0.25, 0.3) is 0 Å². The van der Waals surface area contributed by atoms with Crippen LogP contribution in [0.3, 0.4) is 0 Å². The van der Waals surface area contributed by atoms with E-state index >= 15 is 0 Å². The molecule has 250 valence electrons. The Labute approximate surface area is 278 Å². The topological polar surface area (TPSA) is 185 Å². The molecule has 1 spiro atoms. The highest BCUT2D eigenvalue weighted by Crippen LogP contribution is 2.81. The average molecular weight is 664 g/mol. The maximum atomic E-state index is 14.4. The molecule has 0 saturated heterocycles. The van der Waals surface area contributed by atoms with E-state index in [-0.39, 0.29) is 47.0 Å². The van der Waals surface area contributed by atoms with Crippen molar-refractivity contribution in [1.82, 2.24) is 10.6 Å². The van der Waals surface area contributed by atoms with Gasteiger partial charge in [-0.25, -0.2) is 0 Å². The molecule has 7 aliphatic rings. The highest BCUT2D eigenvalue weighted by molar-refractivity contribution is 6.30. The third-order valence-electron chi connectivity index (χ3n) is 12.6. The van der Waals surface area contributed by atoms with Crippen molar-refractivity contribution in [2.24, 2.45) is 34.8 Å². The zero-order chi connectivity index (χ0) is 33.0. The van der Waals surface area contributed by atoms with Gasteiger partial charge in [0.2, 0.25) is 17.6 Å². The zero-order valence-corrected chi connectivity index (χ0v) is 26.8. The number of halogens is 1. The summed E-state index contributed by atoms with van der Waals surface area (Å²) >= 11 is 6.10. The van der Waals surface area contributed by atoms with Gasteiger partial charge in [-0.15, -0.1) is 0 Å². The summed E-state index contributed by atoms with van der Waals surface area (Å²) in [7, 11) is 0. The second-order valence-electron chi connectivity index (χ2n) is 14.9. The molecule has 9 N–H and O–H groups in total. The van der Waals surface area contributed by atoms with Gasteiger partial charge in [0, 0.05) is 28.6 Å². The number of carbonyl (C=O) groups excluding carboxylic acids is 2. The zero-order valence-electron chi connectivity index (χ0n) is 26.0. The van der Waals surface area contributed by atoms with E-state index in [0.717, 1.165) is 36.7 Å². The quantitative estimate of drug-likeness (QED) is 0.182. The van der Waals surface area contributed by atoms with Gasteiger partial charge in [0.05, 0.1) is 24.7 Å². The van der Waals surface area contributed by atoms with Crippen molar-refractivity contribution in [2.75, 3.05) is 6.54 Å². The lowest BCUT2D eigenvalue weighted by atomic mass is 9.38. The summed E-state index contributed by atoms with van der Waals surface area (Å²) < 4.78 is 0. The molecule has 0 aromatic heterocycles. The van der Waals surface area contributed by atoms with Crippen LogP contribution >= 0.6 is 11.6 Å². The number of aliphatic hydroxyl groups excluding tert-OH is 3. The first kappa shape index (κ1) is 31.4. The first-order valence-electron chi connectivity index (χ1n) is 16.9. The molecule has 2 bridgehead atoms. The molecule has 10 nitrogen and oxygen atoms in total. The summed E-state index contributed by atoms with van der Waals surface area (Å²) in [5.74, 6) is -1.09. The smallest absolute Gasteiger partial charge is 0.247 e. The fraction of sp³-hybridized carbons (Fsp3) is 0.556. The standard InChI is InChI=1S/C36H42ClN3O7/c37-27-9-17(2-4-28(27)42)29(43)14-30(44)39-33(34(45)40-32-18-8-19-10-20-11-26(32)35(19,20)15-18)23-12-21(41)13-25-31(23)22-7-16(5-6-38)1-3-24(22)36(25,46)47/h1-3,7,9,12,18-21,26,28-29,32-33,41-43,46-47H,4-6,8,10-11,13-15,38H2,(H,39,44)(H,40,45). The molecule has 10 unspecified atom stereocenters. The minimum atomic E-state index is -2.37. The highest BCUT2D eigenvalue weighted by atomic mass is 35.5. The molecule has 2 amide bonds. The summed E-state index contributed by atoms with van der Waals surface area (Å²) in [6.07, 6.45) is 6.32. The van der Waals surface area contributed by atoms with Crippen LogP contribution in [0.2, 0.25) is 0 Å². The number of nitrogens with two attached hydrogens (primary N) is 1. The molecule has 0 aliphatic heterocycles. The lowest BCUT2D eigenvalue weighted by molar-refractivity contribution is -0.184. The Morgan fingerprint density at radius 1 is 1.13 bits per heavy atom. The average Bonchev–Trinajstić information content (AvgIpc) is 3.59. The molecule has 0 heterocycles.